The van der Waals surface area contributed by atoms with Crippen LogP contribution in [0.3, 0.4) is 0 Å². The van der Waals surface area contributed by atoms with E-state index in [2.05, 4.69) is 69.3 Å². The molecule has 0 radical (unpaired) electrons. The molecule has 2 atom stereocenters. The lowest BCUT2D eigenvalue weighted by atomic mass is 10.1. The summed E-state index contributed by atoms with van der Waals surface area (Å²) < 4.78 is 43.9. The second-order valence-corrected chi connectivity index (χ2v) is 16.4. The summed E-state index contributed by atoms with van der Waals surface area (Å²) in [5, 5.41) is 2.34. The lowest BCUT2D eigenvalue weighted by Crippen LogP contribution is -2.67. The molecule has 4 rings (SSSR count). The molecule has 192 valence electrons. The minimum atomic E-state index is -3.83. The van der Waals surface area contributed by atoms with Crippen molar-refractivity contribution in [3.63, 3.8) is 0 Å². The van der Waals surface area contributed by atoms with E-state index in [1.54, 1.807) is 24.3 Å². The second kappa shape index (κ2) is 11.0. The Morgan fingerprint density at radius 2 is 1.42 bits per heavy atom. The molecule has 1 fully saturated rings. The van der Waals surface area contributed by atoms with Gasteiger partial charge in [-0.05, 0) is 47.3 Å². The van der Waals surface area contributed by atoms with Crippen LogP contribution in [0.4, 0.5) is 0 Å². The number of hydrogen-bond donors (Lipinski definition) is 0. The largest absolute Gasteiger partial charge is 0.405 e. The van der Waals surface area contributed by atoms with Gasteiger partial charge in [0, 0.05) is 0 Å². The SMILES string of the molecule is Cc1ccc(S(=O)(=O)OC2CCC(CO[Si](c3ccccc3)(c3ccccc3)C(C)(C)C)OC2)cc1. The molecular formula is C29H36O5SSi. The molecule has 3 aromatic carbocycles. The fraction of sp³-hybridized carbons (Fsp3) is 0.379. The molecule has 0 N–H and O–H groups in total. The van der Waals surface area contributed by atoms with Crippen molar-refractivity contribution in [1.82, 2.24) is 0 Å². The standard InChI is InChI=1S/C29H36O5SSi/c1-23-15-19-26(20-16-23)35(30,31)34-25-18-17-24(32-21-25)22-33-36(29(2,3)4,27-11-7-5-8-12-27)28-13-9-6-10-14-28/h5-16,19-20,24-25H,17-18,21-22H2,1-4H3. The normalized spacial score (nSPS) is 19.2. The monoisotopic (exact) mass is 524 g/mol. The van der Waals surface area contributed by atoms with E-state index >= 15 is 0 Å². The van der Waals surface area contributed by atoms with Gasteiger partial charge in [0.1, 0.15) is 6.10 Å². The van der Waals surface area contributed by atoms with Crippen molar-refractivity contribution in [2.24, 2.45) is 0 Å². The van der Waals surface area contributed by atoms with Crippen molar-refractivity contribution >= 4 is 28.8 Å². The summed E-state index contributed by atoms with van der Waals surface area (Å²) in [5.41, 5.74) is 0.999. The molecule has 1 heterocycles. The van der Waals surface area contributed by atoms with Crippen LogP contribution < -0.4 is 10.4 Å². The van der Waals surface area contributed by atoms with Gasteiger partial charge in [0.15, 0.2) is 0 Å². The van der Waals surface area contributed by atoms with Gasteiger partial charge in [-0.3, -0.25) is 4.18 Å². The first-order chi connectivity index (χ1) is 17.1. The van der Waals surface area contributed by atoms with E-state index in [0.29, 0.717) is 19.4 Å². The van der Waals surface area contributed by atoms with Crippen molar-refractivity contribution < 1.29 is 21.8 Å². The average molecular weight is 525 g/mol. The molecule has 5 nitrogen and oxygen atoms in total. The van der Waals surface area contributed by atoms with E-state index in [-0.39, 0.29) is 22.6 Å². The maximum atomic E-state index is 12.7. The molecule has 1 aliphatic rings. The van der Waals surface area contributed by atoms with Crippen LogP contribution in [0.5, 0.6) is 0 Å². The third-order valence-electron chi connectivity index (χ3n) is 6.80. The Morgan fingerprint density at radius 1 is 0.861 bits per heavy atom. The van der Waals surface area contributed by atoms with Crippen molar-refractivity contribution in [3.8, 4) is 0 Å². The Hall–Kier alpha value is -2.29. The van der Waals surface area contributed by atoms with E-state index < -0.39 is 24.5 Å². The van der Waals surface area contributed by atoms with Crippen LogP contribution in [-0.2, 0) is 23.5 Å². The molecular weight excluding hydrogens is 488 g/mol. The van der Waals surface area contributed by atoms with Crippen LogP contribution >= 0.6 is 0 Å². The molecule has 1 saturated heterocycles. The maximum Gasteiger partial charge on any atom is 0.297 e. The lowest BCUT2D eigenvalue weighted by Gasteiger charge is -2.44. The van der Waals surface area contributed by atoms with Crippen LogP contribution in [0.15, 0.2) is 89.8 Å². The highest BCUT2D eigenvalue weighted by Crippen LogP contribution is 2.37. The third kappa shape index (κ3) is 5.81. The number of aryl methyl sites for hydroxylation is 1. The topological polar surface area (TPSA) is 61.8 Å². The van der Waals surface area contributed by atoms with Crippen LogP contribution in [-0.4, -0.2) is 42.2 Å². The van der Waals surface area contributed by atoms with Crippen molar-refractivity contribution in [3.05, 3.63) is 90.5 Å². The van der Waals surface area contributed by atoms with Gasteiger partial charge >= 0.3 is 0 Å². The number of ether oxygens (including phenoxy) is 1. The zero-order chi connectivity index (χ0) is 25.8. The summed E-state index contributed by atoms with van der Waals surface area (Å²) in [6.45, 7) is 9.34. The molecule has 2 unspecified atom stereocenters. The molecule has 0 amide bonds. The summed E-state index contributed by atoms with van der Waals surface area (Å²) in [6.07, 6.45) is 0.653. The van der Waals surface area contributed by atoms with E-state index in [1.807, 2.05) is 19.1 Å². The van der Waals surface area contributed by atoms with Crippen molar-refractivity contribution in [2.75, 3.05) is 13.2 Å². The highest BCUT2D eigenvalue weighted by Gasteiger charge is 2.50. The maximum absolute atomic E-state index is 12.7. The first-order valence-electron chi connectivity index (χ1n) is 12.5. The zero-order valence-corrected chi connectivity index (χ0v) is 23.3. The Kier molecular flexibility index (Phi) is 8.17. The Morgan fingerprint density at radius 3 is 1.89 bits per heavy atom. The van der Waals surface area contributed by atoms with E-state index in [9.17, 15) is 8.42 Å². The highest BCUT2D eigenvalue weighted by atomic mass is 32.2. The van der Waals surface area contributed by atoms with Crippen LogP contribution in [0.1, 0.15) is 39.2 Å². The van der Waals surface area contributed by atoms with Gasteiger partial charge in [-0.1, -0.05) is 99.1 Å². The van der Waals surface area contributed by atoms with Crippen molar-refractivity contribution in [1.29, 1.82) is 0 Å². The van der Waals surface area contributed by atoms with Gasteiger partial charge in [-0.25, -0.2) is 0 Å². The van der Waals surface area contributed by atoms with Crippen LogP contribution in [0, 0.1) is 6.92 Å². The smallest absolute Gasteiger partial charge is 0.297 e. The predicted octanol–water partition coefficient (Wildman–Crippen LogP) is 4.82. The summed E-state index contributed by atoms with van der Waals surface area (Å²) >= 11 is 0. The highest BCUT2D eigenvalue weighted by molar-refractivity contribution is 7.86. The molecule has 0 saturated carbocycles. The first kappa shape index (κ1) is 26.8. The van der Waals surface area contributed by atoms with Gasteiger partial charge in [0.2, 0.25) is 0 Å². The van der Waals surface area contributed by atoms with Crippen molar-refractivity contribution in [2.45, 2.75) is 62.7 Å². The number of rotatable bonds is 8. The van der Waals surface area contributed by atoms with E-state index in [4.69, 9.17) is 13.3 Å². The van der Waals surface area contributed by atoms with Gasteiger partial charge in [0.25, 0.3) is 18.4 Å². The van der Waals surface area contributed by atoms with Gasteiger partial charge in [-0.15, -0.1) is 0 Å². The lowest BCUT2D eigenvalue weighted by molar-refractivity contribution is -0.0612. The Bertz CT molecular complexity index is 1170. The number of hydrogen-bond acceptors (Lipinski definition) is 5. The summed E-state index contributed by atoms with van der Waals surface area (Å²) in [6, 6.07) is 27.7. The fourth-order valence-electron chi connectivity index (χ4n) is 4.91. The molecule has 0 aromatic heterocycles. The molecule has 36 heavy (non-hydrogen) atoms. The predicted molar refractivity (Wildman–Crippen MR) is 146 cm³/mol. The summed E-state index contributed by atoms with van der Waals surface area (Å²) in [4.78, 5) is 0.172. The summed E-state index contributed by atoms with van der Waals surface area (Å²) in [7, 11) is -6.47. The summed E-state index contributed by atoms with van der Waals surface area (Å²) in [5.74, 6) is 0. The molecule has 3 aromatic rings. The van der Waals surface area contributed by atoms with Gasteiger partial charge in [-0.2, -0.15) is 8.42 Å². The quantitative estimate of drug-likeness (QED) is 0.312. The number of benzene rings is 3. The van der Waals surface area contributed by atoms with Gasteiger partial charge in [0.05, 0.1) is 24.2 Å². The van der Waals surface area contributed by atoms with Gasteiger partial charge < -0.3 is 9.16 Å². The molecule has 0 spiro atoms. The molecule has 0 aliphatic carbocycles. The zero-order valence-electron chi connectivity index (χ0n) is 21.5. The average Bonchev–Trinajstić information content (AvgIpc) is 2.86. The first-order valence-corrected chi connectivity index (χ1v) is 15.8. The Balaban J connectivity index is 1.46. The molecule has 1 aliphatic heterocycles. The minimum Gasteiger partial charge on any atom is -0.405 e. The van der Waals surface area contributed by atoms with E-state index in [1.165, 1.54) is 10.4 Å². The Labute approximate surface area is 216 Å². The van der Waals surface area contributed by atoms with E-state index in [0.717, 1.165) is 5.56 Å². The fourth-order valence-corrected chi connectivity index (χ4v) is 10.6. The van der Waals surface area contributed by atoms with Crippen LogP contribution in [0.2, 0.25) is 5.04 Å². The third-order valence-corrected chi connectivity index (χ3v) is 13.2. The minimum absolute atomic E-state index is 0.113. The second-order valence-electron chi connectivity index (χ2n) is 10.5. The van der Waals surface area contributed by atoms with Crippen LogP contribution in [0.25, 0.3) is 0 Å². The molecule has 0 bridgehead atoms. The molecule has 7 heteroatoms.